The first-order valence-corrected chi connectivity index (χ1v) is 8.92. The van der Waals surface area contributed by atoms with Crippen molar-refractivity contribution in [2.24, 2.45) is 5.41 Å². The largest absolute Gasteiger partial charge is 0.316 e. The van der Waals surface area contributed by atoms with Crippen LogP contribution in [0, 0.1) is 5.41 Å². The van der Waals surface area contributed by atoms with E-state index in [2.05, 4.69) is 32.9 Å². The Morgan fingerprint density at radius 3 is 2.45 bits per heavy atom. The second kappa shape index (κ2) is 7.02. The summed E-state index contributed by atoms with van der Waals surface area (Å²) >= 11 is 3.34. The van der Waals surface area contributed by atoms with Gasteiger partial charge in [0.25, 0.3) is 0 Å². The minimum atomic E-state index is -3.48. The van der Waals surface area contributed by atoms with Gasteiger partial charge in [0, 0.05) is 17.6 Å². The van der Waals surface area contributed by atoms with E-state index in [4.69, 9.17) is 0 Å². The van der Waals surface area contributed by atoms with Crippen LogP contribution >= 0.6 is 15.9 Å². The number of hydrogen-bond donors (Lipinski definition) is 2. The zero-order valence-electron chi connectivity index (χ0n) is 12.5. The third kappa shape index (κ3) is 4.84. The lowest BCUT2D eigenvalue weighted by Gasteiger charge is -2.23. The lowest BCUT2D eigenvalue weighted by atomic mass is 9.91. The third-order valence-corrected chi connectivity index (χ3v) is 5.74. The van der Waals surface area contributed by atoms with Gasteiger partial charge >= 0.3 is 0 Å². The van der Waals surface area contributed by atoms with Crippen LogP contribution in [0.1, 0.15) is 32.8 Å². The average molecular weight is 363 g/mol. The van der Waals surface area contributed by atoms with E-state index in [0.29, 0.717) is 17.6 Å². The van der Waals surface area contributed by atoms with Crippen molar-refractivity contribution in [2.75, 3.05) is 13.6 Å². The van der Waals surface area contributed by atoms with E-state index in [1.807, 2.05) is 33.0 Å². The molecule has 0 atom stereocenters. The predicted molar refractivity (Wildman–Crippen MR) is 86.2 cm³/mol. The highest BCUT2D eigenvalue weighted by Gasteiger charge is 2.22. The maximum Gasteiger partial charge on any atom is 0.241 e. The minimum Gasteiger partial charge on any atom is -0.316 e. The summed E-state index contributed by atoms with van der Waals surface area (Å²) in [6, 6.07) is 5.29. The van der Waals surface area contributed by atoms with Crippen molar-refractivity contribution in [3.05, 3.63) is 28.2 Å². The van der Waals surface area contributed by atoms with Crippen LogP contribution in [0.4, 0.5) is 0 Å². The van der Waals surface area contributed by atoms with Gasteiger partial charge in [-0.25, -0.2) is 13.1 Å². The molecule has 1 aromatic rings. The van der Waals surface area contributed by atoms with Crippen LogP contribution in [0.5, 0.6) is 0 Å². The van der Waals surface area contributed by atoms with Crippen LogP contribution in [0.25, 0.3) is 0 Å². The molecule has 0 spiro atoms. The molecule has 0 saturated heterocycles. The van der Waals surface area contributed by atoms with Gasteiger partial charge in [0.15, 0.2) is 0 Å². The zero-order chi connectivity index (χ0) is 15.4. The van der Waals surface area contributed by atoms with Gasteiger partial charge in [-0.2, -0.15) is 0 Å². The summed E-state index contributed by atoms with van der Waals surface area (Å²) in [5.74, 6) is 0. The number of sulfonamides is 1. The smallest absolute Gasteiger partial charge is 0.241 e. The Kier molecular flexibility index (Phi) is 6.19. The van der Waals surface area contributed by atoms with Gasteiger partial charge in [0.1, 0.15) is 0 Å². The molecule has 0 aliphatic carbocycles. The van der Waals surface area contributed by atoms with Crippen molar-refractivity contribution < 1.29 is 8.42 Å². The van der Waals surface area contributed by atoms with E-state index < -0.39 is 10.0 Å². The molecule has 2 N–H and O–H groups in total. The molecular weight excluding hydrogens is 340 g/mol. The molecule has 0 fully saturated rings. The van der Waals surface area contributed by atoms with Crippen LogP contribution < -0.4 is 10.0 Å². The number of benzene rings is 1. The predicted octanol–water partition coefficient (Wildman–Crippen LogP) is 2.88. The van der Waals surface area contributed by atoms with Crippen molar-refractivity contribution in [3.63, 3.8) is 0 Å². The summed E-state index contributed by atoms with van der Waals surface area (Å²) in [5, 5.41) is 3.04. The fraction of sp³-hybridized carbons (Fsp3) is 0.571. The van der Waals surface area contributed by atoms with Gasteiger partial charge in [-0.05, 0) is 52.5 Å². The molecule has 0 aliphatic heterocycles. The Balaban J connectivity index is 2.93. The summed E-state index contributed by atoms with van der Waals surface area (Å²) in [6.07, 6.45) is 0.914. The van der Waals surface area contributed by atoms with Crippen LogP contribution in [0.2, 0.25) is 0 Å². The molecular formula is C14H23BrN2O2S. The molecule has 0 heterocycles. The topological polar surface area (TPSA) is 58.2 Å². The summed E-state index contributed by atoms with van der Waals surface area (Å²) < 4.78 is 27.9. The van der Waals surface area contributed by atoms with Gasteiger partial charge in [0.2, 0.25) is 10.0 Å². The molecule has 0 radical (unpaired) electrons. The molecule has 1 aromatic carbocycles. The summed E-state index contributed by atoms with van der Waals surface area (Å²) in [7, 11) is -1.63. The molecule has 0 unspecified atom stereocenters. The monoisotopic (exact) mass is 362 g/mol. The highest BCUT2D eigenvalue weighted by atomic mass is 79.9. The molecule has 0 aromatic heterocycles. The molecule has 20 heavy (non-hydrogen) atoms. The van der Waals surface area contributed by atoms with E-state index in [-0.39, 0.29) is 10.3 Å². The van der Waals surface area contributed by atoms with Gasteiger partial charge in [-0.15, -0.1) is 0 Å². The van der Waals surface area contributed by atoms with E-state index in [9.17, 15) is 8.42 Å². The first-order chi connectivity index (χ1) is 9.22. The van der Waals surface area contributed by atoms with Crippen molar-refractivity contribution in [2.45, 2.75) is 38.6 Å². The average Bonchev–Trinajstić information content (AvgIpc) is 2.37. The SMILES string of the molecule is CCC(C)(C)CNS(=O)(=O)c1ccc(CNC)cc1Br. The quantitative estimate of drug-likeness (QED) is 0.783. The van der Waals surface area contributed by atoms with E-state index in [1.165, 1.54) is 0 Å². The Morgan fingerprint density at radius 2 is 1.95 bits per heavy atom. The molecule has 0 aliphatic rings. The maximum atomic E-state index is 12.3. The van der Waals surface area contributed by atoms with Crippen molar-refractivity contribution >= 4 is 26.0 Å². The molecule has 1 rings (SSSR count). The number of nitrogens with one attached hydrogen (secondary N) is 2. The molecule has 0 bridgehead atoms. The number of rotatable bonds is 7. The van der Waals surface area contributed by atoms with Gasteiger partial charge in [0.05, 0.1) is 4.90 Å². The van der Waals surface area contributed by atoms with Gasteiger partial charge in [-0.3, -0.25) is 0 Å². The second-order valence-corrected chi connectivity index (χ2v) is 8.23. The normalized spacial score (nSPS) is 12.7. The van der Waals surface area contributed by atoms with Gasteiger partial charge < -0.3 is 5.32 Å². The fourth-order valence-corrected chi connectivity index (χ4v) is 3.93. The Morgan fingerprint density at radius 1 is 1.30 bits per heavy atom. The highest BCUT2D eigenvalue weighted by molar-refractivity contribution is 9.10. The Labute approximate surface area is 130 Å². The fourth-order valence-electron chi connectivity index (χ4n) is 1.57. The lowest BCUT2D eigenvalue weighted by molar-refractivity contribution is 0.350. The van der Waals surface area contributed by atoms with Crippen LogP contribution in [-0.4, -0.2) is 22.0 Å². The van der Waals surface area contributed by atoms with E-state index in [0.717, 1.165) is 12.0 Å². The summed E-state index contributed by atoms with van der Waals surface area (Å²) in [5.41, 5.74) is 0.984. The van der Waals surface area contributed by atoms with Crippen LogP contribution in [-0.2, 0) is 16.6 Å². The zero-order valence-corrected chi connectivity index (χ0v) is 14.9. The molecule has 114 valence electrons. The first kappa shape index (κ1) is 17.6. The van der Waals surface area contributed by atoms with E-state index in [1.54, 1.807) is 6.07 Å². The van der Waals surface area contributed by atoms with Crippen molar-refractivity contribution in [1.29, 1.82) is 0 Å². The number of hydrogen-bond acceptors (Lipinski definition) is 3. The Bertz CT molecular complexity index is 556. The molecule has 0 saturated carbocycles. The minimum absolute atomic E-state index is 0.0500. The standard InChI is InChI=1S/C14H23BrN2O2S/c1-5-14(2,3)10-17-20(18,19)13-7-6-11(9-16-4)8-12(13)15/h6-8,16-17H,5,9-10H2,1-4H3. The van der Waals surface area contributed by atoms with Crippen LogP contribution in [0.3, 0.4) is 0 Å². The Hall–Kier alpha value is -0.430. The maximum absolute atomic E-state index is 12.3. The first-order valence-electron chi connectivity index (χ1n) is 6.64. The third-order valence-electron chi connectivity index (χ3n) is 3.36. The lowest BCUT2D eigenvalue weighted by Crippen LogP contribution is -2.33. The van der Waals surface area contributed by atoms with Crippen molar-refractivity contribution in [1.82, 2.24) is 10.0 Å². The van der Waals surface area contributed by atoms with Crippen molar-refractivity contribution in [3.8, 4) is 0 Å². The molecule has 6 heteroatoms. The summed E-state index contributed by atoms with van der Waals surface area (Å²) in [4.78, 5) is 0.282. The molecule has 0 amide bonds. The summed E-state index contributed by atoms with van der Waals surface area (Å²) in [6.45, 7) is 7.27. The molecule has 4 nitrogen and oxygen atoms in total. The van der Waals surface area contributed by atoms with Gasteiger partial charge in [-0.1, -0.05) is 26.8 Å². The number of halogens is 1. The van der Waals surface area contributed by atoms with Crippen LogP contribution in [0.15, 0.2) is 27.6 Å². The highest BCUT2D eigenvalue weighted by Crippen LogP contribution is 2.25. The second-order valence-electron chi connectivity index (χ2n) is 5.64. The van der Waals surface area contributed by atoms with E-state index >= 15 is 0 Å².